The van der Waals surface area contributed by atoms with Crippen molar-refractivity contribution in [2.24, 2.45) is 0 Å². The maximum atomic E-state index is 3.49. The summed E-state index contributed by atoms with van der Waals surface area (Å²) in [4.78, 5) is 0. The van der Waals surface area contributed by atoms with Crippen molar-refractivity contribution in [3.63, 3.8) is 0 Å². The Morgan fingerprint density at radius 2 is 1.85 bits per heavy atom. The third-order valence-electron chi connectivity index (χ3n) is 3.85. The van der Waals surface area contributed by atoms with Gasteiger partial charge in [-0.15, -0.1) is 0 Å². The molecule has 2 heteroatoms. The van der Waals surface area contributed by atoms with Crippen LogP contribution in [0.25, 0.3) is 10.9 Å². The molecule has 2 aromatic rings. The van der Waals surface area contributed by atoms with Crippen LogP contribution in [-0.4, -0.2) is 17.7 Å². The molecular weight excluding hydrogens is 244 g/mol. The van der Waals surface area contributed by atoms with Crippen LogP contribution < -0.4 is 5.32 Å². The summed E-state index contributed by atoms with van der Waals surface area (Å²) in [5.41, 5.74) is 2.91. The van der Waals surface area contributed by atoms with Crippen molar-refractivity contribution in [1.29, 1.82) is 0 Å². The molecule has 0 amide bonds. The molecule has 0 spiro atoms. The SMILES string of the molecule is CCCCn1cc(CCCNCCC)c2ccccc21. The predicted octanol–water partition coefficient (Wildman–Crippen LogP) is 4.37. The first-order valence-corrected chi connectivity index (χ1v) is 8.14. The second-order valence-electron chi connectivity index (χ2n) is 5.57. The van der Waals surface area contributed by atoms with Crippen LogP contribution in [0.5, 0.6) is 0 Å². The summed E-state index contributed by atoms with van der Waals surface area (Å²) in [6.45, 7) is 7.88. The van der Waals surface area contributed by atoms with E-state index in [1.807, 2.05) is 0 Å². The summed E-state index contributed by atoms with van der Waals surface area (Å²) in [7, 11) is 0. The van der Waals surface area contributed by atoms with E-state index in [4.69, 9.17) is 0 Å². The Kier molecular flexibility index (Phi) is 6.13. The molecule has 0 aliphatic rings. The summed E-state index contributed by atoms with van der Waals surface area (Å²) in [5.74, 6) is 0. The Labute approximate surface area is 123 Å². The summed E-state index contributed by atoms with van der Waals surface area (Å²) < 4.78 is 2.44. The number of hydrogen-bond donors (Lipinski definition) is 1. The van der Waals surface area contributed by atoms with Gasteiger partial charge in [-0.25, -0.2) is 0 Å². The van der Waals surface area contributed by atoms with E-state index < -0.39 is 0 Å². The van der Waals surface area contributed by atoms with Gasteiger partial charge in [0.25, 0.3) is 0 Å². The smallest absolute Gasteiger partial charge is 0.0483 e. The minimum absolute atomic E-state index is 1.13. The van der Waals surface area contributed by atoms with Crippen molar-refractivity contribution in [2.75, 3.05) is 13.1 Å². The largest absolute Gasteiger partial charge is 0.347 e. The number of para-hydroxylation sites is 1. The van der Waals surface area contributed by atoms with E-state index in [2.05, 4.69) is 54.2 Å². The van der Waals surface area contributed by atoms with Gasteiger partial charge < -0.3 is 9.88 Å². The van der Waals surface area contributed by atoms with Gasteiger partial charge in [-0.3, -0.25) is 0 Å². The fourth-order valence-electron chi connectivity index (χ4n) is 2.74. The molecule has 1 N–H and O–H groups in total. The highest BCUT2D eigenvalue weighted by molar-refractivity contribution is 5.83. The molecule has 20 heavy (non-hydrogen) atoms. The molecule has 0 atom stereocenters. The van der Waals surface area contributed by atoms with E-state index in [0.717, 1.165) is 19.6 Å². The van der Waals surface area contributed by atoms with Crippen LogP contribution in [0.15, 0.2) is 30.5 Å². The molecule has 0 saturated carbocycles. The molecule has 0 fully saturated rings. The molecular formula is C18H28N2. The zero-order chi connectivity index (χ0) is 14.2. The minimum atomic E-state index is 1.13. The van der Waals surface area contributed by atoms with Gasteiger partial charge >= 0.3 is 0 Å². The molecule has 2 nitrogen and oxygen atoms in total. The second-order valence-corrected chi connectivity index (χ2v) is 5.57. The van der Waals surface area contributed by atoms with Crippen LogP contribution in [0.1, 0.15) is 45.1 Å². The average Bonchev–Trinajstić information content (AvgIpc) is 2.83. The first-order chi connectivity index (χ1) is 9.86. The number of aromatic nitrogens is 1. The minimum Gasteiger partial charge on any atom is -0.347 e. The van der Waals surface area contributed by atoms with Crippen molar-refractivity contribution < 1.29 is 0 Å². The second kappa shape index (κ2) is 8.11. The van der Waals surface area contributed by atoms with Crippen LogP contribution >= 0.6 is 0 Å². The van der Waals surface area contributed by atoms with Crippen LogP contribution in [0.2, 0.25) is 0 Å². The summed E-state index contributed by atoms with van der Waals surface area (Å²) in [5, 5.41) is 4.93. The fourth-order valence-corrected chi connectivity index (χ4v) is 2.74. The number of benzene rings is 1. The van der Waals surface area contributed by atoms with E-state index in [-0.39, 0.29) is 0 Å². The van der Waals surface area contributed by atoms with E-state index in [0.29, 0.717) is 0 Å². The lowest BCUT2D eigenvalue weighted by Crippen LogP contribution is -2.16. The molecule has 2 rings (SSSR count). The highest BCUT2D eigenvalue weighted by Crippen LogP contribution is 2.23. The van der Waals surface area contributed by atoms with Gasteiger partial charge in [0.05, 0.1) is 0 Å². The Bertz CT molecular complexity index is 513. The molecule has 0 saturated heterocycles. The lowest BCUT2D eigenvalue weighted by molar-refractivity contribution is 0.633. The topological polar surface area (TPSA) is 17.0 Å². The zero-order valence-corrected chi connectivity index (χ0v) is 13.0. The van der Waals surface area contributed by atoms with Crippen molar-refractivity contribution >= 4 is 10.9 Å². The van der Waals surface area contributed by atoms with E-state index in [9.17, 15) is 0 Å². The maximum Gasteiger partial charge on any atom is 0.0483 e. The molecule has 1 aromatic heterocycles. The summed E-state index contributed by atoms with van der Waals surface area (Å²) >= 11 is 0. The highest BCUT2D eigenvalue weighted by atomic mass is 15.0. The number of unbranched alkanes of at least 4 members (excludes halogenated alkanes) is 1. The molecule has 0 bridgehead atoms. The zero-order valence-electron chi connectivity index (χ0n) is 13.0. The predicted molar refractivity (Wildman–Crippen MR) is 88.3 cm³/mol. The lowest BCUT2D eigenvalue weighted by atomic mass is 10.1. The van der Waals surface area contributed by atoms with Gasteiger partial charge in [0.15, 0.2) is 0 Å². The van der Waals surface area contributed by atoms with Gasteiger partial charge in [-0.1, -0.05) is 38.5 Å². The van der Waals surface area contributed by atoms with Crippen LogP contribution in [-0.2, 0) is 13.0 Å². The molecule has 0 radical (unpaired) electrons. The summed E-state index contributed by atoms with van der Waals surface area (Å²) in [6, 6.07) is 8.83. The maximum absolute atomic E-state index is 3.49. The van der Waals surface area contributed by atoms with E-state index >= 15 is 0 Å². The number of fused-ring (bicyclic) bond motifs is 1. The molecule has 0 unspecified atom stereocenters. The molecule has 1 heterocycles. The van der Waals surface area contributed by atoms with Crippen molar-refractivity contribution in [1.82, 2.24) is 9.88 Å². The van der Waals surface area contributed by atoms with E-state index in [1.54, 1.807) is 0 Å². The van der Waals surface area contributed by atoms with Crippen molar-refractivity contribution in [3.8, 4) is 0 Å². The number of nitrogens with zero attached hydrogens (tertiary/aromatic N) is 1. The Morgan fingerprint density at radius 3 is 2.65 bits per heavy atom. The molecule has 0 aliphatic heterocycles. The third-order valence-corrected chi connectivity index (χ3v) is 3.85. The van der Waals surface area contributed by atoms with Gasteiger partial charge in [0.1, 0.15) is 0 Å². The van der Waals surface area contributed by atoms with Gasteiger partial charge in [-0.05, 0) is 50.4 Å². The normalized spacial score (nSPS) is 11.3. The van der Waals surface area contributed by atoms with Gasteiger partial charge in [0, 0.05) is 23.6 Å². The van der Waals surface area contributed by atoms with Crippen molar-refractivity contribution in [2.45, 2.75) is 52.5 Å². The highest BCUT2D eigenvalue weighted by Gasteiger charge is 2.07. The summed E-state index contributed by atoms with van der Waals surface area (Å²) in [6.07, 6.45) is 8.51. The third kappa shape index (κ3) is 3.86. The fraction of sp³-hybridized carbons (Fsp3) is 0.556. The number of nitrogens with one attached hydrogen (secondary N) is 1. The standard InChI is InChI=1S/C18H28N2/c1-3-5-14-20-15-16(9-8-13-19-12-4-2)17-10-6-7-11-18(17)20/h6-7,10-11,15,19H,3-5,8-9,12-14H2,1-2H3. The van der Waals surface area contributed by atoms with Gasteiger partial charge in [0.2, 0.25) is 0 Å². The van der Waals surface area contributed by atoms with E-state index in [1.165, 1.54) is 48.6 Å². The molecule has 1 aromatic carbocycles. The van der Waals surface area contributed by atoms with Crippen LogP contribution in [0.3, 0.4) is 0 Å². The molecule has 110 valence electrons. The number of hydrogen-bond acceptors (Lipinski definition) is 1. The van der Waals surface area contributed by atoms with Crippen molar-refractivity contribution in [3.05, 3.63) is 36.0 Å². The number of rotatable bonds is 9. The van der Waals surface area contributed by atoms with Crippen LogP contribution in [0, 0.1) is 0 Å². The Morgan fingerprint density at radius 1 is 1.00 bits per heavy atom. The number of aryl methyl sites for hydroxylation is 2. The lowest BCUT2D eigenvalue weighted by Gasteiger charge is -2.03. The van der Waals surface area contributed by atoms with Crippen LogP contribution in [0.4, 0.5) is 0 Å². The monoisotopic (exact) mass is 272 g/mol. The Balaban J connectivity index is 2.04. The van der Waals surface area contributed by atoms with Gasteiger partial charge in [-0.2, -0.15) is 0 Å². The first-order valence-electron chi connectivity index (χ1n) is 8.14. The quantitative estimate of drug-likeness (QED) is 0.671. The molecule has 0 aliphatic carbocycles. The Hall–Kier alpha value is -1.28. The average molecular weight is 272 g/mol. The first kappa shape index (κ1) is 15.1.